The summed E-state index contributed by atoms with van der Waals surface area (Å²) in [5, 5.41) is 2.07. The van der Waals surface area contributed by atoms with Crippen molar-refractivity contribution in [2.45, 2.75) is 24.8 Å². The Bertz CT molecular complexity index is 852. The average Bonchev–Trinajstić information content (AvgIpc) is 2.63. The second-order valence-corrected chi connectivity index (χ2v) is 6.64. The van der Waals surface area contributed by atoms with Crippen LogP contribution < -0.4 is 5.32 Å². The molecule has 0 heterocycles. The predicted molar refractivity (Wildman–Crippen MR) is 97.7 cm³/mol. The fourth-order valence-corrected chi connectivity index (χ4v) is 2.90. The molecule has 1 N–H and O–H groups in total. The Kier molecular flexibility index (Phi) is 7.06. The van der Waals surface area contributed by atoms with Crippen molar-refractivity contribution < 1.29 is 27.9 Å². The molecule has 0 bridgehead atoms. The molecule has 0 aliphatic heterocycles. The van der Waals surface area contributed by atoms with E-state index in [1.54, 1.807) is 18.2 Å². The van der Waals surface area contributed by atoms with Gasteiger partial charge in [0.15, 0.2) is 6.10 Å². The van der Waals surface area contributed by atoms with Crippen LogP contribution in [0.4, 0.5) is 14.5 Å². The molecule has 0 aromatic heterocycles. The molecule has 0 aliphatic carbocycles. The van der Waals surface area contributed by atoms with Crippen molar-refractivity contribution in [2.24, 2.45) is 0 Å². The summed E-state index contributed by atoms with van der Waals surface area (Å²) in [5.74, 6) is -3.39. The summed E-state index contributed by atoms with van der Waals surface area (Å²) < 4.78 is 32.3. The van der Waals surface area contributed by atoms with E-state index in [0.717, 1.165) is 12.1 Å². The minimum atomic E-state index is -1.29. The molecule has 27 heavy (non-hydrogen) atoms. The zero-order valence-corrected chi connectivity index (χ0v) is 15.4. The number of halogens is 2. The normalized spacial score (nSPS) is 11.6. The number of carbonyl (C=O) groups excluding carboxylic acids is 3. The standard InChI is InChI=1S/C19H17F2NO4S/c1-11(23)10-27-16-9-4-3-6-13(16)19(25)26-12(2)18(24)22-17-14(20)7-5-8-15(17)21/h3-9,12H,10H2,1-2H3,(H,22,24)/t12-/m0/s1. The Morgan fingerprint density at radius 1 is 1.07 bits per heavy atom. The molecule has 0 saturated carbocycles. The first-order chi connectivity index (χ1) is 12.8. The molecule has 0 saturated heterocycles. The summed E-state index contributed by atoms with van der Waals surface area (Å²) in [4.78, 5) is 36.2. The first-order valence-electron chi connectivity index (χ1n) is 7.96. The van der Waals surface area contributed by atoms with Crippen LogP contribution in [0.2, 0.25) is 0 Å². The maximum atomic E-state index is 13.6. The van der Waals surface area contributed by atoms with E-state index in [1.807, 2.05) is 0 Å². The van der Waals surface area contributed by atoms with Crippen molar-refractivity contribution in [2.75, 3.05) is 11.1 Å². The third-order valence-corrected chi connectivity index (χ3v) is 4.62. The molecule has 1 amide bonds. The van der Waals surface area contributed by atoms with Gasteiger partial charge in [-0.05, 0) is 38.1 Å². The number of Topliss-reactive ketones (excluding diaryl/α,β-unsaturated/α-hetero) is 1. The van der Waals surface area contributed by atoms with E-state index in [4.69, 9.17) is 4.74 Å². The fourth-order valence-electron chi connectivity index (χ4n) is 2.06. The average molecular weight is 393 g/mol. The van der Waals surface area contributed by atoms with E-state index < -0.39 is 35.3 Å². The highest BCUT2D eigenvalue weighted by molar-refractivity contribution is 8.00. The van der Waals surface area contributed by atoms with Crippen LogP contribution in [0.25, 0.3) is 0 Å². The molecule has 142 valence electrons. The minimum Gasteiger partial charge on any atom is -0.449 e. The van der Waals surface area contributed by atoms with Crippen LogP contribution >= 0.6 is 11.8 Å². The topological polar surface area (TPSA) is 72.5 Å². The van der Waals surface area contributed by atoms with Gasteiger partial charge in [-0.1, -0.05) is 18.2 Å². The van der Waals surface area contributed by atoms with E-state index in [2.05, 4.69) is 5.32 Å². The zero-order valence-electron chi connectivity index (χ0n) is 14.6. The van der Waals surface area contributed by atoms with Gasteiger partial charge in [-0.25, -0.2) is 13.6 Å². The summed E-state index contributed by atoms with van der Waals surface area (Å²) in [7, 11) is 0. The van der Waals surface area contributed by atoms with Gasteiger partial charge in [-0.15, -0.1) is 11.8 Å². The van der Waals surface area contributed by atoms with Crippen molar-refractivity contribution in [3.05, 3.63) is 59.7 Å². The zero-order chi connectivity index (χ0) is 20.0. The number of amides is 1. The van der Waals surface area contributed by atoms with Gasteiger partial charge in [0.1, 0.15) is 23.1 Å². The van der Waals surface area contributed by atoms with E-state index >= 15 is 0 Å². The number of hydrogen-bond acceptors (Lipinski definition) is 5. The fraction of sp³-hybridized carbons (Fsp3) is 0.211. The maximum Gasteiger partial charge on any atom is 0.340 e. The first kappa shape index (κ1) is 20.6. The molecule has 0 radical (unpaired) electrons. The number of hydrogen-bond donors (Lipinski definition) is 1. The van der Waals surface area contributed by atoms with Crippen LogP contribution in [0, 0.1) is 11.6 Å². The van der Waals surface area contributed by atoms with Gasteiger partial charge in [0.05, 0.1) is 11.3 Å². The van der Waals surface area contributed by atoms with Gasteiger partial charge >= 0.3 is 5.97 Å². The lowest BCUT2D eigenvalue weighted by Crippen LogP contribution is -2.30. The molecule has 0 spiro atoms. The van der Waals surface area contributed by atoms with Gasteiger partial charge in [0, 0.05) is 4.90 Å². The Morgan fingerprint density at radius 3 is 2.33 bits per heavy atom. The van der Waals surface area contributed by atoms with Crippen molar-refractivity contribution in [1.82, 2.24) is 0 Å². The second-order valence-electron chi connectivity index (χ2n) is 5.62. The molecule has 2 rings (SSSR count). The van der Waals surface area contributed by atoms with E-state index in [0.29, 0.717) is 4.90 Å². The number of rotatable bonds is 7. The molecule has 1 atom stereocenters. The molecule has 0 unspecified atom stereocenters. The van der Waals surface area contributed by atoms with Gasteiger partial charge in [-0.2, -0.15) is 0 Å². The Balaban J connectivity index is 2.07. The summed E-state index contributed by atoms with van der Waals surface area (Å²) in [5.41, 5.74) is -0.414. The number of thioether (sulfide) groups is 1. The van der Waals surface area contributed by atoms with Crippen LogP contribution in [-0.4, -0.2) is 29.5 Å². The number of ether oxygens (including phenoxy) is 1. The third-order valence-electron chi connectivity index (χ3n) is 3.40. The number of benzene rings is 2. The summed E-state index contributed by atoms with van der Waals surface area (Å²) in [6, 6.07) is 9.65. The molecular formula is C19H17F2NO4S. The van der Waals surface area contributed by atoms with Crippen molar-refractivity contribution >= 4 is 35.1 Å². The lowest BCUT2D eigenvalue weighted by Gasteiger charge is -2.15. The molecule has 8 heteroatoms. The predicted octanol–water partition coefficient (Wildman–Crippen LogP) is 3.83. The van der Waals surface area contributed by atoms with E-state index in [-0.39, 0.29) is 17.1 Å². The number of para-hydroxylation sites is 1. The molecule has 0 aliphatic rings. The summed E-state index contributed by atoms with van der Waals surface area (Å²) in [6.07, 6.45) is -1.29. The highest BCUT2D eigenvalue weighted by Gasteiger charge is 2.23. The van der Waals surface area contributed by atoms with Gasteiger partial charge < -0.3 is 10.1 Å². The molecule has 0 fully saturated rings. The number of nitrogens with one attached hydrogen (secondary N) is 1. The number of ketones is 1. The second kappa shape index (κ2) is 9.27. The quantitative estimate of drug-likeness (QED) is 0.572. The smallest absolute Gasteiger partial charge is 0.340 e. The Hall–Kier alpha value is -2.74. The SMILES string of the molecule is CC(=O)CSc1ccccc1C(=O)O[C@@H](C)C(=O)Nc1c(F)cccc1F. The maximum absolute atomic E-state index is 13.6. The van der Waals surface area contributed by atoms with Crippen LogP contribution in [0.15, 0.2) is 47.4 Å². The van der Waals surface area contributed by atoms with Crippen LogP contribution in [0.1, 0.15) is 24.2 Å². The van der Waals surface area contributed by atoms with Gasteiger partial charge in [-0.3, -0.25) is 9.59 Å². The van der Waals surface area contributed by atoms with Crippen LogP contribution in [0.5, 0.6) is 0 Å². The highest BCUT2D eigenvalue weighted by atomic mass is 32.2. The Morgan fingerprint density at radius 2 is 1.70 bits per heavy atom. The molecular weight excluding hydrogens is 376 g/mol. The molecule has 2 aromatic rings. The number of carbonyl (C=O) groups is 3. The molecule has 5 nitrogen and oxygen atoms in total. The highest BCUT2D eigenvalue weighted by Crippen LogP contribution is 2.24. The minimum absolute atomic E-state index is 0.0529. The lowest BCUT2D eigenvalue weighted by atomic mass is 10.2. The largest absolute Gasteiger partial charge is 0.449 e. The van der Waals surface area contributed by atoms with Crippen LogP contribution in [0.3, 0.4) is 0 Å². The van der Waals surface area contributed by atoms with Gasteiger partial charge in [0.25, 0.3) is 5.91 Å². The summed E-state index contributed by atoms with van der Waals surface area (Å²) >= 11 is 1.18. The molecule has 2 aromatic carbocycles. The monoisotopic (exact) mass is 393 g/mol. The lowest BCUT2D eigenvalue weighted by molar-refractivity contribution is -0.123. The summed E-state index contributed by atoms with van der Waals surface area (Å²) in [6.45, 7) is 2.72. The van der Waals surface area contributed by atoms with Crippen molar-refractivity contribution in [1.29, 1.82) is 0 Å². The van der Waals surface area contributed by atoms with E-state index in [1.165, 1.54) is 37.7 Å². The van der Waals surface area contributed by atoms with Crippen molar-refractivity contribution in [3.63, 3.8) is 0 Å². The first-order valence-corrected chi connectivity index (χ1v) is 8.95. The Labute approximate surface area is 159 Å². The van der Waals surface area contributed by atoms with Crippen molar-refractivity contribution in [3.8, 4) is 0 Å². The number of esters is 1. The van der Waals surface area contributed by atoms with Crippen LogP contribution in [-0.2, 0) is 14.3 Å². The van der Waals surface area contributed by atoms with E-state index in [9.17, 15) is 23.2 Å². The van der Waals surface area contributed by atoms with Gasteiger partial charge in [0.2, 0.25) is 0 Å². The third kappa shape index (κ3) is 5.62. The number of anilines is 1.